The van der Waals surface area contributed by atoms with E-state index in [0.29, 0.717) is 6.04 Å². The van der Waals surface area contributed by atoms with Gasteiger partial charge in [-0.3, -0.25) is 0 Å². The van der Waals surface area contributed by atoms with Crippen LogP contribution in [0.25, 0.3) is 0 Å². The fraction of sp³-hybridized carbons (Fsp3) is 0.500. The van der Waals surface area contributed by atoms with E-state index < -0.39 is 0 Å². The minimum absolute atomic E-state index is 0.108. The van der Waals surface area contributed by atoms with Crippen LogP contribution in [0.5, 0.6) is 0 Å². The van der Waals surface area contributed by atoms with Crippen molar-refractivity contribution < 1.29 is 4.39 Å². The summed E-state index contributed by atoms with van der Waals surface area (Å²) in [6.45, 7) is 6.82. The summed E-state index contributed by atoms with van der Waals surface area (Å²) in [4.78, 5) is 2.15. The van der Waals surface area contributed by atoms with E-state index in [1.807, 2.05) is 13.0 Å². The fourth-order valence-corrected chi connectivity index (χ4v) is 2.16. The Labute approximate surface area is 90.1 Å². The number of anilines is 1. The molecule has 0 amide bonds. The van der Waals surface area contributed by atoms with E-state index in [4.69, 9.17) is 0 Å². The highest BCUT2D eigenvalue weighted by atomic mass is 19.1. The third-order valence-corrected chi connectivity index (χ3v) is 2.98. The Morgan fingerprint density at radius 1 is 1.47 bits per heavy atom. The molecule has 1 fully saturated rings. The molecule has 1 saturated heterocycles. The maximum absolute atomic E-state index is 13.7. The molecule has 0 saturated carbocycles. The summed E-state index contributed by atoms with van der Waals surface area (Å²) in [5, 5.41) is 3.31. The molecule has 2 nitrogen and oxygen atoms in total. The highest BCUT2D eigenvalue weighted by Crippen LogP contribution is 2.26. The van der Waals surface area contributed by atoms with Crippen molar-refractivity contribution in [1.29, 1.82) is 0 Å². The molecule has 15 heavy (non-hydrogen) atoms. The molecule has 0 spiro atoms. The molecule has 1 aromatic carbocycles. The molecule has 0 bridgehead atoms. The van der Waals surface area contributed by atoms with E-state index in [2.05, 4.69) is 17.1 Å². The van der Waals surface area contributed by atoms with Crippen LogP contribution >= 0.6 is 0 Å². The molecule has 3 heteroatoms. The van der Waals surface area contributed by atoms with Gasteiger partial charge < -0.3 is 10.2 Å². The number of hydrogen-bond donors (Lipinski definition) is 1. The summed E-state index contributed by atoms with van der Waals surface area (Å²) in [5.74, 6) is -0.108. The first-order valence-corrected chi connectivity index (χ1v) is 5.42. The van der Waals surface area contributed by atoms with Crippen LogP contribution < -0.4 is 10.2 Å². The highest BCUT2D eigenvalue weighted by Gasteiger charge is 2.21. The van der Waals surface area contributed by atoms with E-state index in [9.17, 15) is 4.39 Å². The average molecular weight is 208 g/mol. The molecule has 82 valence electrons. The normalized spacial score (nSPS) is 21.8. The summed E-state index contributed by atoms with van der Waals surface area (Å²) in [7, 11) is 0. The maximum atomic E-state index is 13.7. The van der Waals surface area contributed by atoms with Gasteiger partial charge in [-0.2, -0.15) is 0 Å². The van der Waals surface area contributed by atoms with Gasteiger partial charge in [0.2, 0.25) is 0 Å². The van der Waals surface area contributed by atoms with Crippen molar-refractivity contribution in [1.82, 2.24) is 5.32 Å². The number of piperazine rings is 1. The third-order valence-electron chi connectivity index (χ3n) is 2.98. The Hall–Kier alpha value is -1.09. The standard InChI is InChI=1S/C12H17FN2/c1-9-4-3-5-11(13)12(9)15-7-6-14-8-10(15)2/h3-5,10,14H,6-8H2,1-2H3. The van der Waals surface area contributed by atoms with Gasteiger partial charge in [0, 0.05) is 25.7 Å². The lowest BCUT2D eigenvalue weighted by Gasteiger charge is -2.36. The average Bonchev–Trinajstić information content (AvgIpc) is 2.20. The van der Waals surface area contributed by atoms with Crippen molar-refractivity contribution in [2.45, 2.75) is 19.9 Å². The zero-order chi connectivity index (χ0) is 10.8. The molecule has 1 aromatic rings. The van der Waals surface area contributed by atoms with Crippen molar-refractivity contribution >= 4 is 5.69 Å². The van der Waals surface area contributed by atoms with Crippen molar-refractivity contribution in [3.63, 3.8) is 0 Å². The van der Waals surface area contributed by atoms with Gasteiger partial charge in [0.05, 0.1) is 5.69 Å². The lowest BCUT2D eigenvalue weighted by Crippen LogP contribution is -2.50. The van der Waals surface area contributed by atoms with Crippen molar-refractivity contribution in [2.75, 3.05) is 24.5 Å². The minimum Gasteiger partial charge on any atom is -0.364 e. The van der Waals surface area contributed by atoms with Gasteiger partial charge >= 0.3 is 0 Å². The van der Waals surface area contributed by atoms with Crippen molar-refractivity contribution in [3.8, 4) is 0 Å². The monoisotopic (exact) mass is 208 g/mol. The van der Waals surface area contributed by atoms with Crippen LogP contribution in [0.3, 0.4) is 0 Å². The molecule has 1 unspecified atom stereocenters. The van der Waals surface area contributed by atoms with Gasteiger partial charge in [-0.1, -0.05) is 12.1 Å². The number of hydrogen-bond acceptors (Lipinski definition) is 2. The van der Waals surface area contributed by atoms with Gasteiger partial charge in [0.25, 0.3) is 0 Å². The Balaban J connectivity index is 2.35. The number of halogens is 1. The van der Waals surface area contributed by atoms with Crippen molar-refractivity contribution in [3.05, 3.63) is 29.6 Å². The van der Waals surface area contributed by atoms with E-state index >= 15 is 0 Å². The number of rotatable bonds is 1. The van der Waals surface area contributed by atoms with Gasteiger partial charge in [-0.15, -0.1) is 0 Å². The van der Waals surface area contributed by atoms with Crippen LogP contribution in [-0.4, -0.2) is 25.7 Å². The molecular formula is C12H17FN2. The molecule has 1 aliphatic heterocycles. The van der Waals surface area contributed by atoms with E-state index in [1.165, 1.54) is 6.07 Å². The summed E-state index contributed by atoms with van der Waals surface area (Å²) in [6.07, 6.45) is 0. The second kappa shape index (κ2) is 4.19. The minimum atomic E-state index is -0.108. The third kappa shape index (κ3) is 1.97. The molecular weight excluding hydrogens is 191 g/mol. The maximum Gasteiger partial charge on any atom is 0.146 e. The zero-order valence-electron chi connectivity index (χ0n) is 9.26. The summed E-state index contributed by atoms with van der Waals surface area (Å²) < 4.78 is 13.7. The molecule has 1 heterocycles. The smallest absolute Gasteiger partial charge is 0.146 e. The Kier molecular flexibility index (Phi) is 2.91. The lowest BCUT2D eigenvalue weighted by atomic mass is 10.1. The number of nitrogens with one attached hydrogen (secondary N) is 1. The van der Waals surface area contributed by atoms with Gasteiger partial charge in [0.1, 0.15) is 5.82 Å². The number of benzene rings is 1. The topological polar surface area (TPSA) is 15.3 Å². The molecule has 2 rings (SSSR count). The first kappa shape index (κ1) is 10.4. The zero-order valence-corrected chi connectivity index (χ0v) is 9.26. The van der Waals surface area contributed by atoms with E-state index in [-0.39, 0.29) is 5.82 Å². The SMILES string of the molecule is Cc1cccc(F)c1N1CCNCC1C. The second-order valence-corrected chi connectivity index (χ2v) is 4.15. The molecule has 1 aliphatic rings. The molecule has 0 radical (unpaired) electrons. The van der Waals surface area contributed by atoms with Gasteiger partial charge in [-0.25, -0.2) is 4.39 Å². The van der Waals surface area contributed by atoms with Crippen molar-refractivity contribution in [2.24, 2.45) is 0 Å². The Bertz CT molecular complexity index is 331. The van der Waals surface area contributed by atoms with Crippen LogP contribution in [0.1, 0.15) is 12.5 Å². The van der Waals surface area contributed by atoms with Crippen LogP contribution in [0.2, 0.25) is 0 Å². The predicted octanol–water partition coefficient (Wildman–Crippen LogP) is 1.93. The summed E-state index contributed by atoms with van der Waals surface area (Å²) >= 11 is 0. The van der Waals surface area contributed by atoms with E-state index in [1.54, 1.807) is 6.07 Å². The predicted molar refractivity (Wildman–Crippen MR) is 60.8 cm³/mol. The van der Waals surface area contributed by atoms with Gasteiger partial charge in [0.15, 0.2) is 0 Å². The molecule has 0 aromatic heterocycles. The first-order valence-electron chi connectivity index (χ1n) is 5.42. The summed E-state index contributed by atoms with van der Waals surface area (Å²) in [6, 6.07) is 5.63. The van der Waals surface area contributed by atoms with E-state index in [0.717, 1.165) is 30.9 Å². The first-order chi connectivity index (χ1) is 7.20. The lowest BCUT2D eigenvalue weighted by molar-refractivity contribution is 0.490. The van der Waals surface area contributed by atoms with Gasteiger partial charge in [-0.05, 0) is 25.5 Å². The highest BCUT2D eigenvalue weighted by molar-refractivity contribution is 5.55. The molecule has 0 aliphatic carbocycles. The van der Waals surface area contributed by atoms with Crippen LogP contribution in [0.4, 0.5) is 10.1 Å². The molecule has 1 atom stereocenters. The molecule has 1 N–H and O–H groups in total. The Morgan fingerprint density at radius 3 is 2.93 bits per heavy atom. The largest absolute Gasteiger partial charge is 0.364 e. The number of aryl methyl sites for hydroxylation is 1. The van der Waals surface area contributed by atoms with Crippen LogP contribution in [0, 0.1) is 12.7 Å². The Morgan fingerprint density at radius 2 is 2.27 bits per heavy atom. The number of para-hydroxylation sites is 1. The van der Waals surface area contributed by atoms with Crippen LogP contribution in [0.15, 0.2) is 18.2 Å². The number of nitrogens with zero attached hydrogens (tertiary/aromatic N) is 1. The second-order valence-electron chi connectivity index (χ2n) is 4.15. The quantitative estimate of drug-likeness (QED) is 0.758. The summed E-state index contributed by atoms with van der Waals surface area (Å²) in [5.41, 5.74) is 1.79. The fourth-order valence-electron chi connectivity index (χ4n) is 2.16. The van der Waals surface area contributed by atoms with Crippen LogP contribution in [-0.2, 0) is 0 Å².